The minimum atomic E-state index is 0.219. The fraction of sp³-hybridized carbons (Fsp3) is 0.824. The lowest BCUT2D eigenvalue weighted by molar-refractivity contribution is 0.246. The minimum absolute atomic E-state index is 0.219. The highest BCUT2D eigenvalue weighted by Gasteiger charge is 2.28. The summed E-state index contributed by atoms with van der Waals surface area (Å²) in [4.78, 5) is 4.44. The summed E-state index contributed by atoms with van der Waals surface area (Å²) in [6, 6.07) is 0. The van der Waals surface area contributed by atoms with Crippen LogP contribution in [0.1, 0.15) is 85.0 Å². The van der Waals surface area contributed by atoms with E-state index < -0.39 is 0 Å². The van der Waals surface area contributed by atoms with Crippen molar-refractivity contribution in [2.45, 2.75) is 90.5 Å². The molecule has 0 amide bonds. The molecular formula is C17H30BrIN2. The number of halogens is 2. The first-order valence-corrected chi connectivity index (χ1v) is 10.3. The zero-order valence-electron chi connectivity index (χ0n) is 13.8. The number of hydrogen-bond acceptors (Lipinski definition) is 1. The zero-order chi connectivity index (χ0) is 15.7. The van der Waals surface area contributed by atoms with E-state index in [0.717, 1.165) is 4.60 Å². The SMILES string of the molecule is CCCCCCCC(C)(CCCCC)n1cnc(Br)c1I. The van der Waals surface area contributed by atoms with Crippen molar-refractivity contribution in [3.05, 3.63) is 14.6 Å². The van der Waals surface area contributed by atoms with Crippen LogP contribution in [0.2, 0.25) is 0 Å². The zero-order valence-corrected chi connectivity index (χ0v) is 17.5. The standard InChI is InChI=1S/C17H30BrIN2/c1-4-6-8-9-11-13-17(3,12-10-7-5-2)21-14-20-15(18)16(21)19/h14H,4-13H2,1-3H3. The van der Waals surface area contributed by atoms with Gasteiger partial charge in [0.1, 0.15) is 8.30 Å². The van der Waals surface area contributed by atoms with Crippen molar-refractivity contribution >= 4 is 38.5 Å². The van der Waals surface area contributed by atoms with Gasteiger partial charge in [0.15, 0.2) is 0 Å². The van der Waals surface area contributed by atoms with Crippen molar-refractivity contribution in [3.63, 3.8) is 0 Å². The lowest BCUT2D eigenvalue weighted by atomic mass is 9.88. The second kappa shape index (κ2) is 10.2. The van der Waals surface area contributed by atoms with Gasteiger partial charge in [0.05, 0.1) is 6.33 Å². The minimum Gasteiger partial charge on any atom is -0.319 e. The van der Waals surface area contributed by atoms with E-state index in [1.165, 1.54) is 67.9 Å². The molecule has 1 heterocycles. The fourth-order valence-electron chi connectivity index (χ4n) is 2.92. The molecule has 122 valence electrons. The predicted octanol–water partition coefficient (Wildman–Crippen LogP) is 6.91. The van der Waals surface area contributed by atoms with Crippen LogP contribution >= 0.6 is 38.5 Å². The first-order chi connectivity index (χ1) is 10.0. The van der Waals surface area contributed by atoms with Crippen molar-refractivity contribution in [2.24, 2.45) is 0 Å². The molecule has 1 unspecified atom stereocenters. The molecule has 0 aliphatic rings. The largest absolute Gasteiger partial charge is 0.319 e. The molecule has 0 aliphatic carbocycles. The van der Waals surface area contributed by atoms with Gasteiger partial charge in [0.25, 0.3) is 0 Å². The molecule has 0 bridgehead atoms. The molecule has 0 saturated heterocycles. The van der Waals surface area contributed by atoms with Gasteiger partial charge in [0, 0.05) is 5.54 Å². The Balaban J connectivity index is 2.67. The van der Waals surface area contributed by atoms with Gasteiger partial charge in [0.2, 0.25) is 0 Å². The first kappa shape index (κ1) is 19.5. The molecule has 1 aromatic heterocycles. The monoisotopic (exact) mass is 468 g/mol. The average Bonchev–Trinajstić information content (AvgIpc) is 2.80. The molecule has 2 nitrogen and oxygen atoms in total. The summed E-state index contributed by atoms with van der Waals surface area (Å²) in [5.41, 5.74) is 0.219. The Morgan fingerprint density at radius 1 is 1.05 bits per heavy atom. The average molecular weight is 469 g/mol. The maximum atomic E-state index is 4.44. The number of hydrogen-bond donors (Lipinski definition) is 0. The Bertz CT molecular complexity index is 405. The summed E-state index contributed by atoms with van der Waals surface area (Å²) in [7, 11) is 0. The van der Waals surface area contributed by atoms with E-state index in [0.29, 0.717) is 0 Å². The number of unbranched alkanes of at least 4 members (excludes halogenated alkanes) is 6. The number of aromatic nitrogens is 2. The Labute approximate surface area is 152 Å². The molecule has 21 heavy (non-hydrogen) atoms. The van der Waals surface area contributed by atoms with E-state index in [4.69, 9.17) is 0 Å². The van der Waals surface area contributed by atoms with Gasteiger partial charge >= 0.3 is 0 Å². The Morgan fingerprint density at radius 3 is 2.10 bits per heavy atom. The molecule has 0 aliphatic heterocycles. The van der Waals surface area contributed by atoms with E-state index in [1.54, 1.807) is 0 Å². The van der Waals surface area contributed by atoms with Crippen LogP contribution in [0, 0.1) is 3.70 Å². The third kappa shape index (κ3) is 6.20. The third-order valence-electron chi connectivity index (χ3n) is 4.39. The number of rotatable bonds is 11. The molecule has 0 radical (unpaired) electrons. The van der Waals surface area contributed by atoms with Crippen molar-refractivity contribution in [1.29, 1.82) is 0 Å². The maximum absolute atomic E-state index is 4.44. The molecule has 0 N–H and O–H groups in total. The quantitative estimate of drug-likeness (QED) is 0.255. The van der Waals surface area contributed by atoms with Crippen LogP contribution in [0.15, 0.2) is 10.9 Å². The van der Waals surface area contributed by atoms with Crippen molar-refractivity contribution < 1.29 is 0 Å². The highest BCUT2D eigenvalue weighted by molar-refractivity contribution is 14.1. The summed E-state index contributed by atoms with van der Waals surface area (Å²) in [6.45, 7) is 6.97. The summed E-state index contributed by atoms with van der Waals surface area (Å²) in [5.74, 6) is 0. The molecule has 1 aromatic rings. The molecule has 1 atom stereocenters. The van der Waals surface area contributed by atoms with Gasteiger partial charge in [-0.3, -0.25) is 0 Å². The van der Waals surface area contributed by atoms with Gasteiger partial charge in [-0.15, -0.1) is 0 Å². The van der Waals surface area contributed by atoms with Crippen LogP contribution in [-0.4, -0.2) is 9.55 Å². The topological polar surface area (TPSA) is 17.8 Å². The second-order valence-electron chi connectivity index (χ2n) is 6.31. The van der Waals surface area contributed by atoms with Crippen LogP contribution in [-0.2, 0) is 5.54 Å². The Morgan fingerprint density at radius 2 is 1.57 bits per heavy atom. The molecule has 0 spiro atoms. The maximum Gasteiger partial charge on any atom is 0.137 e. The van der Waals surface area contributed by atoms with Gasteiger partial charge < -0.3 is 4.57 Å². The highest BCUT2D eigenvalue weighted by atomic mass is 127. The van der Waals surface area contributed by atoms with E-state index >= 15 is 0 Å². The molecule has 1 rings (SSSR count). The van der Waals surface area contributed by atoms with E-state index in [9.17, 15) is 0 Å². The van der Waals surface area contributed by atoms with Crippen LogP contribution in [0.3, 0.4) is 0 Å². The van der Waals surface area contributed by atoms with Gasteiger partial charge in [-0.05, 0) is 58.3 Å². The van der Waals surface area contributed by atoms with Gasteiger partial charge in [-0.1, -0.05) is 65.2 Å². The summed E-state index contributed by atoms with van der Waals surface area (Å²) >= 11 is 5.97. The lowest BCUT2D eigenvalue weighted by Crippen LogP contribution is -2.30. The van der Waals surface area contributed by atoms with E-state index in [1.807, 2.05) is 6.33 Å². The predicted molar refractivity (Wildman–Crippen MR) is 104 cm³/mol. The Hall–Kier alpha value is 0.420. The lowest BCUT2D eigenvalue weighted by Gasteiger charge is -2.32. The van der Waals surface area contributed by atoms with Crippen molar-refractivity contribution in [1.82, 2.24) is 9.55 Å². The summed E-state index contributed by atoms with van der Waals surface area (Å²) < 4.78 is 4.61. The molecule has 0 saturated carbocycles. The second-order valence-corrected chi connectivity index (χ2v) is 8.09. The van der Waals surface area contributed by atoms with Gasteiger partial charge in [-0.25, -0.2) is 4.98 Å². The molecular weight excluding hydrogens is 439 g/mol. The van der Waals surface area contributed by atoms with Crippen molar-refractivity contribution in [3.8, 4) is 0 Å². The normalized spacial score (nSPS) is 14.3. The summed E-state index contributed by atoms with van der Waals surface area (Å²) in [5, 5.41) is 0. The molecule has 4 heteroatoms. The highest BCUT2D eigenvalue weighted by Crippen LogP contribution is 2.33. The van der Waals surface area contributed by atoms with E-state index in [-0.39, 0.29) is 5.54 Å². The van der Waals surface area contributed by atoms with Crippen LogP contribution in [0.5, 0.6) is 0 Å². The molecule has 0 aromatic carbocycles. The number of nitrogens with zero attached hydrogens (tertiary/aromatic N) is 2. The third-order valence-corrected chi connectivity index (χ3v) is 6.74. The molecule has 0 fully saturated rings. The summed E-state index contributed by atoms with van der Waals surface area (Å²) in [6.07, 6.45) is 15.2. The smallest absolute Gasteiger partial charge is 0.137 e. The van der Waals surface area contributed by atoms with Crippen LogP contribution in [0.4, 0.5) is 0 Å². The Kier molecular flexibility index (Phi) is 9.49. The fourth-order valence-corrected chi connectivity index (χ4v) is 4.05. The van der Waals surface area contributed by atoms with Crippen molar-refractivity contribution in [2.75, 3.05) is 0 Å². The van der Waals surface area contributed by atoms with Gasteiger partial charge in [-0.2, -0.15) is 0 Å². The van der Waals surface area contributed by atoms with Crippen LogP contribution < -0.4 is 0 Å². The number of imidazole rings is 1. The van der Waals surface area contributed by atoms with E-state index in [2.05, 4.69) is 68.8 Å². The van der Waals surface area contributed by atoms with Crippen LogP contribution in [0.25, 0.3) is 0 Å². The first-order valence-electron chi connectivity index (χ1n) is 8.44.